The molecule has 1 heterocycles. The highest BCUT2D eigenvalue weighted by Gasteiger charge is 2.21. The van der Waals surface area contributed by atoms with E-state index in [-0.39, 0.29) is 12.5 Å². The van der Waals surface area contributed by atoms with Crippen molar-refractivity contribution in [1.29, 1.82) is 0 Å². The lowest BCUT2D eigenvalue weighted by Crippen LogP contribution is -2.04. The summed E-state index contributed by atoms with van der Waals surface area (Å²) in [5.74, 6) is 1.09. The Hall–Kier alpha value is -1.46. The summed E-state index contributed by atoms with van der Waals surface area (Å²) in [6, 6.07) is 15.6. The maximum absolute atomic E-state index is 9.50. The van der Waals surface area contributed by atoms with Crippen LogP contribution in [0.4, 0.5) is 0 Å². The first-order valence-electron chi connectivity index (χ1n) is 8.41. The Bertz CT molecular complexity index is 874. The number of nitrogens with zero attached hydrogens (tertiary/aromatic N) is 2. The average molecular weight is 407 g/mol. The fourth-order valence-electron chi connectivity index (χ4n) is 2.75. The number of para-hydroxylation sites is 1. The lowest BCUT2D eigenvalue weighted by atomic mass is 10.1. The van der Waals surface area contributed by atoms with Crippen LogP contribution in [0.3, 0.4) is 0 Å². The highest BCUT2D eigenvalue weighted by atomic mass is 35.5. The third-order valence-corrected chi connectivity index (χ3v) is 5.37. The Morgan fingerprint density at radius 1 is 1.08 bits per heavy atom. The molecular formula is C20H20Cl2N2OS. The molecule has 3 nitrogen and oxygen atoms in total. The molecule has 2 aromatic carbocycles. The predicted octanol–water partition coefficient (Wildman–Crippen LogP) is 5.99. The van der Waals surface area contributed by atoms with Crippen molar-refractivity contribution in [3.05, 3.63) is 70.1 Å². The first kappa shape index (κ1) is 19.3. The van der Waals surface area contributed by atoms with E-state index in [4.69, 9.17) is 28.2 Å². The molecule has 1 aromatic heterocycles. The molecule has 3 aromatic rings. The lowest BCUT2D eigenvalue weighted by molar-refractivity contribution is 0.295. The molecule has 0 saturated carbocycles. The highest BCUT2D eigenvalue weighted by molar-refractivity contribution is 7.99. The zero-order valence-electron chi connectivity index (χ0n) is 14.6. The van der Waals surface area contributed by atoms with Crippen LogP contribution < -0.4 is 0 Å². The minimum atomic E-state index is 0.0501. The molecule has 6 heteroatoms. The monoisotopic (exact) mass is 406 g/mol. The molecule has 0 aliphatic carbocycles. The second-order valence-corrected chi connectivity index (χ2v) is 8.16. The molecule has 0 atom stereocenters. The van der Waals surface area contributed by atoms with E-state index in [1.54, 1.807) is 17.8 Å². The number of hydrogen-bond acceptors (Lipinski definition) is 3. The zero-order valence-corrected chi connectivity index (χ0v) is 16.9. The molecule has 136 valence electrons. The van der Waals surface area contributed by atoms with Gasteiger partial charge in [0, 0.05) is 27.0 Å². The van der Waals surface area contributed by atoms with Gasteiger partial charge in [-0.3, -0.25) is 4.57 Å². The molecule has 0 saturated heterocycles. The first-order valence-corrected chi connectivity index (χ1v) is 9.98. The summed E-state index contributed by atoms with van der Waals surface area (Å²) in [5.41, 5.74) is 2.02. The topological polar surface area (TPSA) is 38.1 Å². The van der Waals surface area contributed by atoms with E-state index in [9.17, 15) is 5.11 Å². The maximum Gasteiger partial charge on any atom is 0.116 e. The van der Waals surface area contributed by atoms with Crippen LogP contribution in [0.5, 0.6) is 0 Å². The molecule has 0 amide bonds. The van der Waals surface area contributed by atoms with Crippen LogP contribution in [-0.4, -0.2) is 21.3 Å². The molecule has 0 radical (unpaired) electrons. The van der Waals surface area contributed by atoms with Crippen LogP contribution in [0.25, 0.3) is 5.69 Å². The van der Waals surface area contributed by atoms with Gasteiger partial charge in [-0.05, 0) is 36.2 Å². The molecular weight excluding hydrogens is 387 g/mol. The van der Waals surface area contributed by atoms with Crippen LogP contribution in [0.1, 0.15) is 31.3 Å². The summed E-state index contributed by atoms with van der Waals surface area (Å²) < 4.78 is 2.12. The Balaban J connectivity index is 2.17. The van der Waals surface area contributed by atoms with Crippen LogP contribution in [0.15, 0.2) is 58.5 Å². The van der Waals surface area contributed by atoms with Crippen LogP contribution in [-0.2, 0) is 6.42 Å². The van der Waals surface area contributed by atoms with Crippen LogP contribution in [0, 0.1) is 0 Å². The summed E-state index contributed by atoms with van der Waals surface area (Å²) in [6.45, 7) is 4.29. The quantitative estimate of drug-likeness (QED) is 0.546. The Morgan fingerprint density at radius 2 is 1.73 bits per heavy atom. The van der Waals surface area contributed by atoms with Crippen molar-refractivity contribution in [1.82, 2.24) is 9.55 Å². The van der Waals surface area contributed by atoms with E-state index >= 15 is 0 Å². The van der Waals surface area contributed by atoms with Gasteiger partial charge in [0.15, 0.2) is 0 Å². The van der Waals surface area contributed by atoms with E-state index in [0.717, 1.165) is 27.1 Å². The van der Waals surface area contributed by atoms with Crippen LogP contribution >= 0.6 is 35.0 Å². The Labute approximate surface area is 168 Å². The highest BCUT2D eigenvalue weighted by Crippen LogP contribution is 2.38. The van der Waals surface area contributed by atoms with Crippen LogP contribution in [0.2, 0.25) is 10.0 Å². The number of benzene rings is 2. The number of aromatic nitrogens is 2. The number of imidazole rings is 1. The van der Waals surface area contributed by atoms with E-state index in [0.29, 0.717) is 16.5 Å². The van der Waals surface area contributed by atoms with Gasteiger partial charge in [0.2, 0.25) is 0 Å². The average Bonchev–Trinajstić information content (AvgIpc) is 2.93. The number of aliphatic hydroxyl groups is 1. The lowest BCUT2D eigenvalue weighted by Gasteiger charge is -2.13. The third-order valence-electron chi connectivity index (χ3n) is 3.88. The van der Waals surface area contributed by atoms with E-state index in [1.807, 2.05) is 42.5 Å². The van der Waals surface area contributed by atoms with Gasteiger partial charge in [0.05, 0.1) is 12.3 Å². The molecule has 3 rings (SSSR count). The molecule has 0 fully saturated rings. The fourth-order valence-corrected chi connectivity index (χ4v) is 4.69. The summed E-state index contributed by atoms with van der Waals surface area (Å²) >= 11 is 13.9. The van der Waals surface area contributed by atoms with Gasteiger partial charge in [0.1, 0.15) is 10.9 Å². The van der Waals surface area contributed by atoms with Crippen molar-refractivity contribution < 1.29 is 5.11 Å². The van der Waals surface area contributed by atoms with Gasteiger partial charge in [0.25, 0.3) is 0 Å². The SMILES string of the molecule is CC(C)c1nc(CCO)n(-c2ccccc2)c1Sc1cc(Cl)cc(Cl)c1. The van der Waals surface area contributed by atoms with E-state index in [2.05, 4.69) is 18.4 Å². The minimum absolute atomic E-state index is 0.0501. The largest absolute Gasteiger partial charge is 0.396 e. The van der Waals surface area contributed by atoms with E-state index < -0.39 is 0 Å². The van der Waals surface area contributed by atoms with Crippen molar-refractivity contribution in [3.63, 3.8) is 0 Å². The van der Waals surface area contributed by atoms with Gasteiger partial charge in [-0.2, -0.15) is 0 Å². The third kappa shape index (κ3) is 4.26. The predicted molar refractivity (Wildman–Crippen MR) is 109 cm³/mol. The first-order chi connectivity index (χ1) is 12.5. The maximum atomic E-state index is 9.50. The summed E-state index contributed by atoms with van der Waals surface area (Å²) in [4.78, 5) is 5.79. The van der Waals surface area contributed by atoms with Gasteiger partial charge in [-0.25, -0.2) is 4.98 Å². The molecule has 26 heavy (non-hydrogen) atoms. The smallest absolute Gasteiger partial charge is 0.116 e. The normalized spacial score (nSPS) is 11.3. The Morgan fingerprint density at radius 3 is 2.31 bits per heavy atom. The minimum Gasteiger partial charge on any atom is -0.396 e. The zero-order chi connectivity index (χ0) is 18.7. The molecule has 0 unspecified atom stereocenters. The fraction of sp³-hybridized carbons (Fsp3) is 0.250. The Kier molecular flexibility index (Phi) is 6.30. The van der Waals surface area contributed by atoms with Crippen molar-refractivity contribution >= 4 is 35.0 Å². The molecule has 0 spiro atoms. The molecule has 0 aliphatic rings. The summed E-state index contributed by atoms with van der Waals surface area (Å²) in [6.07, 6.45) is 0.492. The van der Waals surface area contributed by atoms with Gasteiger partial charge in [-0.15, -0.1) is 0 Å². The summed E-state index contributed by atoms with van der Waals surface area (Å²) in [7, 11) is 0. The second-order valence-electron chi connectivity index (χ2n) is 6.22. The summed E-state index contributed by atoms with van der Waals surface area (Å²) in [5, 5.41) is 11.7. The molecule has 0 aliphatic heterocycles. The van der Waals surface area contributed by atoms with Gasteiger partial charge < -0.3 is 5.11 Å². The number of rotatable bonds is 6. The standard InChI is InChI=1S/C20H20Cl2N2OS/c1-13(2)19-20(26-17-11-14(21)10-15(22)12-17)24(18(23-19)8-9-25)16-6-4-3-5-7-16/h3-7,10-13,25H,8-9H2,1-2H3. The van der Waals surface area contributed by atoms with Gasteiger partial charge in [-0.1, -0.05) is 67.0 Å². The number of halogens is 2. The van der Waals surface area contributed by atoms with Crippen molar-refractivity contribution in [3.8, 4) is 5.69 Å². The van der Waals surface area contributed by atoms with Gasteiger partial charge >= 0.3 is 0 Å². The molecule has 1 N–H and O–H groups in total. The second kappa shape index (κ2) is 8.49. The van der Waals surface area contributed by atoms with Crippen molar-refractivity contribution in [2.45, 2.75) is 36.1 Å². The number of aliphatic hydroxyl groups excluding tert-OH is 1. The van der Waals surface area contributed by atoms with E-state index in [1.165, 1.54) is 0 Å². The number of hydrogen-bond donors (Lipinski definition) is 1. The van der Waals surface area contributed by atoms with Crippen molar-refractivity contribution in [2.75, 3.05) is 6.61 Å². The molecule has 0 bridgehead atoms. The van der Waals surface area contributed by atoms with Crippen molar-refractivity contribution in [2.24, 2.45) is 0 Å².